The number of methoxy groups -OCH3 is 1. The van der Waals surface area contributed by atoms with Crippen LogP contribution < -0.4 is 5.32 Å². The van der Waals surface area contributed by atoms with Gasteiger partial charge in [-0.15, -0.1) is 11.8 Å². The number of nitrogens with zero attached hydrogens (tertiary/aromatic N) is 1. The van der Waals surface area contributed by atoms with Gasteiger partial charge in [0.05, 0.1) is 23.8 Å². The Morgan fingerprint density at radius 1 is 1.46 bits per heavy atom. The van der Waals surface area contributed by atoms with Gasteiger partial charge in [-0.25, -0.2) is 0 Å². The van der Waals surface area contributed by atoms with Crippen LogP contribution in [0.1, 0.15) is 24.8 Å². The molecule has 2 rings (SSSR count). The van der Waals surface area contributed by atoms with Gasteiger partial charge in [0, 0.05) is 10.9 Å². The van der Waals surface area contributed by atoms with Gasteiger partial charge in [0.1, 0.15) is 5.92 Å². The van der Waals surface area contributed by atoms with Gasteiger partial charge in [-0.3, -0.25) is 9.59 Å². The number of nitriles is 1. The molecular weight excluding hydrogens is 348 g/mol. The molecule has 0 aromatic heterocycles. The highest BCUT2D eigenvalue weighted by molar-refractivity contribution is 8.03. The molecule has 0 saturated carbocycles. The number of ether oxygens (including phenoxy) is 1. The topological polar surface area (TPSA) is 79.2 Å². The lowest BCUT2D eigenvalue weighted by Gasteiger charge is -2.31. The first-order valence-corrected chi connectivity index (χ1v) is 8.81. The van der Waals surface area contributed by atoms with Crippen molar-refractivity contribution in [1.29, 1.82) is 5.26 Å². The van der Waals surface area contributed by atoms with Crippen LogP contribution >= 0.6 is 23.4 Å². The number of hydrogen-bond donors (Lipinski definition) is 1. The number of thioether (sulfide) groups is 1. The molecule has 1 aromatic carbocycles. The average Bonchev–Trinajstić information content (AvgIpc) is 2.59. The van der Waals surface area contributed by atoms with Crippen LogP contribution in [0, 0.1) is 17.2 Å². The maximum atomic E-state index is 12.5. The van der Waals surface area contributed by atoms with E-state index in [1.54, 1.807) is 24.3 Å². The van der Waals surface area contributed by atoms with E-state index in [0.29, 0.717) is 21.2 Å². The van der Waals surface area contributed by atoms with Crippen LogP contribution in [0.2, 0.25) is 5.02 Å². The van der Waals surface area contributed by atoms with E-state index in [4.69, 9.17) is 16.3 Å². The zero-order valence-corrected chi connectivity index (χ0v) is 14.9. The Balaban J connectivity index is 2.63. The fourth-order valence-electron chi connectivity index (χ4n) is 2.59. The third-order valence-corrected chi connectivity index (χ3v) is 5.24. The standard InChI is InChI=1S/C17H17ClN2O3S/c1-3-8-24-16-11(9-19)13(10-6-4-5-7-12(10)18)14(15(21)20-16)17(22)23-2/h4-7,13-14H,3,8H2,1-2H3,(H,20,21)/t13-,14+/m1/s1. The molecule has 1 aromatic rings. The SMILES string of the molecule is CCCSC1=C(C#N)[C@@H](c2ccccc2Cl)[C@H](C(=O)OC)C(=O)N1. The van der Waals surface area contributed by atoms with Gasteiger partial charge >= 0.3 is 5.97 Å². The van der Waals surface area contributed by atoms with Gasteiger partial charge in [0.15, 0.2) is 0 Å². The Morgan fingerprint density at radius 3 is 2.75 bits per heavy atom. The van der Waals surface area contributed by atoms with Crippen molar-refractivity contribution in [3.05, 3.63) is 45.5 Å². The smallest absolute Gasteiger partial charge is 0.319 e. The molecule has 0 bridgehead atoms. The number of amides is 1. The van der Waals surface area contributed by atoms with Crippen molar-refractivity contribution < 1.29 is 14.3 Å². The summed E-state index contributed by atoms with van der Waals surface area (Å²) in [5.74, 6) is -2.33. The van der Waals surface area contributed by atoms with Crippen molar-refractivity contribution in [3.8, 4) is 6.07 Å². The minimum atomic E-state index is -1.14. The maximum Gasteiger partial charge on any atom is 0.319 e. The van der Waals surface area contributed by atoms with Crippen molar-refractivity contribution in [2.45, 2.75) is 19.3 Å². The Morgan fingerprint density at radius 2 is 2.17 bits per heavy atom. The van der Waals surface area contributed by atoms with E-state index in [1.165, 1.54) is 18.9 Å². The highest BCUT2D eigenvalue weighted by Crippen LogP contribution is 2.42. The molecule has 1 aliphatic heterocycles. The van der Waals surface area contributed by atoms with E-state index in [1.807, 2.05) is 6.92 Å². The number of benzene rings is 1. The van der Waals surface area contributed by atoms with Crippen molar-refractivity contribution >= 4 is 35.2 Å². The van der Waals surface area contributed by atoms with Crippen molar-refractivity contribution in [1.82, 2.24) is 5.32 Å². The second kappa shape index (κ2) is 8.22. The lowest BCUT2D eigenvalue weighted by atomic mass is 9.78. The van der Waals surface area contributed by atoms with Gasteiger partial charge in [0.2, 0.25) is 5.91 Å². The predicted molar refractivity (Wildman–Crippen MR) is 93.2 cm³/mol. The van der Waals surface area contributed by atoms with E-state index in [9.17, 15) is 14.9 Å². The Bertz CT molecular complexity index is 727. The predicted octanol–water partition coefficient (Wildman–Crippen LogP) is 3.22. The molecule has 0 saturated heterocycles. The molecule has 126 valence electrons. The first-order valence-electron chi connectivity index (χ1n) is 7.45. The van der Waals surface area contributed by atoms with Crippen LogP contribution in [0.5, 0.6) is 0 Å². The summed E-state index contributed by atoms with van der Waals surface area (Å²) in [7, 11) is 1.22. The van der Waals surface area contributed by atoms with Crippen molar-refractivity contribution in [3.63, 3.8) is 0 Å². The number of esters is 1. The van der Waals surface area contributed by atoms with E-state index in [0.717, 1.165) is 12.2 Å². The molecule has 1 aliphatic rings. The highest BCUT2D eigenvalue weighted by atomic mass is 35.5. The number of hydrogen-bond acceptors (Lipinski definition) is 5. The summed E-state index contributed by atoms with van der Waals surface area (Å²) >= 11 is 7.66. The molecule has 5 nitrogen and oxygen atoms in total. The van der Waals surface area contributed by atoms with Crippen LogP contribution in [-0.2, 0) is 14.3 Å². The fourth-order valence-corrected chi connectivity index (χ4v) is 3.75. The molecule has 24 heavy (non-hydrogen) atoms. The van der Waals surface area contributed by atoms with E-state index in [-0.39, 0.29) is 0 Å². The fraction of sp³-hybridized carbons (Fsp3) is 0.353. The van der Waals surface area contributed by atoms with Gasteiger partial charge in [-0.05, 0) is 23.8 Å². The molecule has 2 atom stereocenters. The summed E-state index contributed by atoms with van der Waals surface area (Å²) in [5.41, 5.74) is 0.895. The van der Waals surface area contributed by atoms with Crippen LogP contribution in [-0.4, -0.2) is 24.7 Å². The van der Waals surface area contributed by atoms with Gasteiger partial charge in [-0.1, -0.05) is 36.7 Å². The minimum absolute atomic E-state index is 0.330. The van der Waals surface area contributed by atoms with Crippen LogP contribution in [0.25, 0.3) is 0 Å². The summed E-state index contributed by atoms with van der Waals surface area (Å²) < 4.78 is 4.78. The van der Waals surface area contributed by atoms with Crippen LogP contribution in [0.3, 0.4) is 0 Å². The highest BCUT2D eigenvalue weighted by Gasteiger charge is 2.44. The second-order valence-corrected chi connectivity index (χ2v) is 6.70. The van der Waals surface area contributed by atoms with E-state index >= 15 is 0 Å². The normalized spacial score (nSPS) is 20.3. The Kier molecular flexibility index (Phi) is 6.29. The van der Waals surface area contributed by atoms with Crippen molar-refractivity contribution in [2.24, 2.45) is 5.92 Å². The zero-order chi connectivity index (χ0) is 17.7. The molecule has 1 N–H and O–H groups in total. The molecule has 0 fully saturated rings. The van der Waals surface area contributed by atoms with Crippen LogP contribution in [0.4, 0.5) is 0 Å². The molecule has 0 aliphatic carbocycles. The minimum Gasteiger partial charge on any atom is -0.468 e. The summed E-state index contributed by atoms with van der Waals surface area (Å²) in [4.78, 5) is 24.7. The van der Waals surface area contributed by atoms with Gasteiger partial charge in [-0.2, -0.15) is 5.26 Å². The number of carbonyl (C=O) groups excluding carboxylic acids is 2. The summed E-state index contributed by atoms with van der Waals surface area (Å²) in [6.07, 6.45) is 0.889. The third kappa shape index (κ3) is 3.58. The monoisotopic (exact) mass is 364 g/mol. The molecule has 0 unspecified atom stereocenters. The summed E-state index contributed by atoms with van der Waals surface area (Å²) in [6.45, 7) is 2.01. The van der Waals surface area contributed by atoms with E-state index < -0.39 is 23.7 Å². The average molecular weight is 365 g/mol. The van der Waals surface area contributed by atoms with Crippen molar-refractivity contribution in [2.75, 3.05) is 12.9 Å². The first-order chi connectivity index (χ1) is 11.5. The quantitative estimate of drug-likeness (QED) is 0.641. The first kappa shape index (κ1) is 18.4. The molecule has 1 amide bonds. The Hall–Kier alpha value is -1.97. The lowest BCUT2D eigenvalue weighted by Crippen LogP contribution is -2.44. The third-order valence-electron chi connectivity index (χ3n) is 3.67. The number of rotatable bonds is 5. The molecule has 0 radical (unpaired) electrons. The lowest BCUT2D eigenvalue weighted by molar-refractivity contribution is -0.150. The summed E-state index contributed by atoms with van der Waals surface area (Å²) in [6, 6.07) is 9.06. The number of halogens is 1. The second-order valence-electron chi connectivity index (χ2n) is 5.19. The van der Waals surface area contributed by atoms with Gasteiger partial charge < -0.3 is 10.1 Å². The number of carbonyl (C=O) groups is 2. The molecule has 7 heteroatoms. The maximum absolute atomic E-state index is 12.5. The van der Waals surface area contributed by atoms with E-state index in [2.05, 4.69) is 11.4 Å². The zero-order valence-electron chi connectivity index (χ0n) is 13.3. The Labute approximate surface area is 150 Å². The molecule has 1 heterocycles. The number of allylic oxidation sites excluding steroid dienone is 1. The van der Waals surface area contributed by atoms with Crippen LogP contribution in [0.15, 0.2) is 34.9 Å². The van der Waals surface area contributed by atoms with Gasteiger partial charge in [0.25, 0.3) is 0 Å². The largest absolute Gasteiger partial charge is 0.468 e. The molecule has 0 spiro atoms. The molecular formula is C17H17ClN2O3S. The summed E-state index contributed by atoms with van der Waals surface area (Å²) in [5, 5.41) is 13.2. The number of nitrogens with one attached hydrogen (secondary N) is 1.